The van der Waals surface area contributed by atoms with E-state index in [1.165, 1.54) is 0 Å². The maximum atomic E-state index is 4.14. The molecule has 1 atom stereocenters. The van der Waals surface area contributed by atoms with E-state index in [9.17, 15) is 0 Å². The quantitative estimate of drug-likeness (QED) is 0.717. The molecule has 74 valence electrons. The molecule has 1 rings (SSSR count). The lowest BCUT2D eigenvalue weighted by Crippen LogP contribution is -2.26. The standard InChI is InChI=1S/C8H16N4S/c1-4-7(9-2)5-13-8-10-6-11-12(8)3/h6-7,9H,4-5H2,1-3H3. The van der Waals surface area contributed by atoms with Crippen LogP contribution in [0.1, 0.15) is 13.3 Å². The summed E-state index contributed by atoms with van der Waals surface area (Å²) in [4.78, 5) is 4.14. The van der Waals surface area contributed by atoms with Gasteiger partial charge in [0, 0.05) is 18.8 Å². The Morgan fingerprint density at radius 3 is 2.92 bits per heavy atom. The van der Waals surface area contributed by atoms with E-state index in [4.69, 9.17) is 0 Å². The van der Waals surface area contributed by atoms with Gasteiger partial charge in [0.15, 0.2) is 5.16 Å². The molecule has 0 saturated heterocycles. The number of hydrogen-bond donors (Lipinski definition) is 1. The maximum Gasteiger partial charge on any atom is 0.185 e. The first kappa shape index (κ1) is 10.5. The second-order valence-corrected chi connectivity index (χ2v) is 3.86. The molecule has 5 heteroatoms. The molecule has 1 N–H and O–H groups in total. The molecule has 0 saturated carbocycles. The Balaban J connectivity index is 2.38. The van der Waals surface area contributed by atoms with Crippen LogP contribution >= 0.6 is 11.8 Å². The van der Waals surface area contributed by atoms with Gasteiger partial charge in [-0.05, 0) is 13.5 Å². The van der Waals surface area contributed by atoms with Crippen molar-refractivity contribution in [3.8, 4) is 0 Å². The minimum Gasteiger partial charge on any atom is -0.316 e. The third-order valence-corrected chi connectivity index (χ3v) is 3.18. The van der Waals surface area contributed by atoms with Gasteiger partial charge in [0.2, 0.25) is 0 Å². The minimum atomic E-state index is 0.557. The molecular weight excluding hydrogens is 184 g/mol. The van der Waals surface area contributed by atoms with Crippen LogP contribution in [0.2, 0.25) is 0 Å². The molecule has 0 aromatic carbocycles. The minimum absolute atomic E-state index is 0.557. The summed E-state index contributed by atoms with van der Waals surface area (Å²) >= 11 is 1.74. The number of nitrogens with zero attached hydrogens (tertiary/aromatic N) is 3. The summed E-state index contributed by atoms with van der Waals surface area (Å²) in [5.74, 6) is 1.04. The van der Waals surface area contributed by atoms with Gasteiger partial charge in [-0.3, -0.25) is 0 Å². The van der Waals surface area contributed by atoms with Gasteiger partial charge in [-0.1, -0.05) is 18.7 Å². The molecule has 0 radical (unpaired) electrons. The molecule has 1 heterocycles. The third-order valence-electron chi connectivity index (χ3n) is 1.98. The molecule has 1 aromatic rings. The highest BCUT2D eigenvalue weighted by Gasteiger charge is 2.06. The van der Waals surface area contributed by atoms with Gasteiger partial charge in [0.05, 0.1) is 0 Å². The Kier molecular flexibility index (Phi) is 4.24. The first-order valence-corrected chi connectivity index (χ1v) is 5.40. The lowest BCUT2D eigenvalue weighted by Gasteiger charge is -2.11. The SMILES string of the molecule is CCC(CSc1ncnn1C)NC. The fourth-order valence-electron chi connectivity index (χ4n) is 0.997. The molecule has 0 aliphatic heterocycles. The third kappa shape index (κ3) is 3.00. The van der Waals surface area contributed by atoms with Crippen LogP contribution in [0.3, 0.4) is 0 Å². The van der Waals surface area contributed by atoms with Crippen molar-refractivity contribution in [3.63, 3.8) is 0 Å². The average molecular weight is 200 g/mol. The van der Waals surface area contributed by atoms with Crippen molar-refractivity contribution in [2.24, 2.45) is 7.05 Å². The molecule has 1 unspecified atom stereocenters. The molecular formula is C8H16N4S. The Labute approximate surface area is 83.1 Å². The molecule has 0 aliphatic carbocycles. The van der Waals surface area contributed by atoms with Crippen molar-refractivity contribution in [2.45, 2.75) is 24.5 Å². The van der Waals surface area contributed by atoms with Crippen LogP contribution in [0.5, 0.6) is 0 Å². The van der Waals surface area contributed by atoms with E-state index in [0.29, 0.717) is 6.04 Å². The summed E-state index contributed by atoms with van der Waals surface area (Å²) in [6, 6.07) is 0.557. The van der Waals surface area contributed by atoms with Crippen LogP contribution in [-0.2, 0) is 7.05 Å². The smallest absolute Gasteiger partial charge is 0.185 e. The Hall–Kier alpha value is -0.550. The lowest BCUT2D eigenvalue weighted by molar-refractivity contribution is 0.599. The van der Waals surface area contributed by atoms with E-state index < -0.39 is 0 Å². The first-order valence-electron chi connectivity index (χ1n) is 4.42. The molecule has 0 spiro atoms. The molecule has 0 fully saturated rings. The number of thioether (sulfide) groups is 1. The normalized spacial score (nSPS) is 13.2. The van der Waals surface area contributed by atoms with E-state index in [1.54, 1.807) is 22.8 Å². The fourth-order valence-corrected chi connectivity index (χ4v) is 2.11. The van der Waals surface area contributed by atoms with Gasteiger partial charge in [-0.2, -0.15) is 5.10 Å². The summed E-state index contributed by atoms with van der Waals surface area (Å²) in [6.07, 6.45) is 2.73. The van der Waals surface area contributed by atoms with Crippen LogP contribution in [-0.4, -0.2) is 33.6 Å². The zero-order valence-electron chi connectivity index (χ0n) is 8.32. The number of nitrogens with one attached hydrogen (secondary N) is 1. The zero-order chi connectivity index (χ0) is 9.68. The highest BCUT2D eigenvalue weighted by atomic mass is 32.2. The summed E-state index contributed by atoms with van der Waals surface area (Å²) in [6.45, 7) is 2.18. The van der Waals surface area contributed by atoms with Gasteiger partial charge in [0.1, 0.15) is 6.33 Å². The summed E-state index contributed by atoms with van der Waals surface area (Å²) in [5, 5.41) is 8.25. The number of aromatic nitrogens is 3. The van der Waals surface area contributed by atoms with Crippen LogP contribution in [0.15, 0.2) is 11.5 Å². The monoisotopic (exact) mass is 200 g/mol. The topological polar surface area (TPSA) is 42.7 Å². The van der Waals surface area contributed by atoms with Gasteiger partial charge < -0.3 is 5.32 Å². The maximum absolute atomic E-state index is 4.14. The van der Waals surface area contributed by atoms with E-state index in [2.05, 4.69) is 22.3 Å². The number of rotatable bonds is 5. The second-order valence-electron chi connectivity index (χ2n) is 2.87. The van der Waals surface area contributed by atoms with Gasteiger partial charge in [-0.25, -0.2) is 9.67 Å². The average Bonchev–Trinajstić information content (AvgIpc) is 2.54. The highest BCUT2D eigenvalue weighted by Crippen LogP contribution is 2.14. The van der Waals surface area contributed by atoms with Crippen molar-refractivity contribution in [1.29, 1.82) is 0 Å². The Morgan fingerprint density at radius 2 is 2.46 bits per heavy atom. The van der Waals surface area contributed by atoms with Crippen molar-refractivity contribution < 1.29 is 0 Å². The molecule has 0 bridgehead atoms. The fraction of sp³-hybridized carbons (Fsp3) is 0.750. The largest absolute Gasteiger partial charge is 0.316 e. The lowest BCUT2D eigenvalue weighted by atomic mass is 10.3. The van der Waals surface area contributed by atoms with Crippen molar-refractivity contribution in [2.75, 3.05) is 12.8 Å². The highest BCUT2D eigenvalue weighted by molar-refractivity contribution is 7.99. The Bertz CT molecular complexity index is 244. The molecule has 13 heavy (non-hydrogen) atoms. The molecule has 1 aromatic heterocycles. The van der Waals surface area contributed by atoms with E-state index >= 15 is 0 Å². The predicted molar refractivity (Wildman–Crippen MR) is 54.9 cm³/mol. The molecule has 4 nitrogen and oxygen atoms in total. The van der Waals surface area contributed by atoms with E-state index in [1.807, 2.05) is 14.1 Å². The van der Waals surface area contributed by atoms with Crippen molar-refractivity contribution in [1.82, 2.24) is 20.1 Å². The first-order chi connectivity index (χ1) is 6.27. The van der Waals surface area contributed by atoms with Crippen LogP contribution in [0.4, 0.5) is 0 Å². The molecule has 0 aliphatic rings. The second kappa shape index (κ2) is 5.24. The van der Waals surface area contributed by atoms with Crippen molar-refractivity contribution >= 4 is 11.8 Å². The summed E-state index contributed by atoms with van der Waals surface area (Å²) in [5.41, 5.74) is 0. The van der Waals surface area contributed by atoms with Crippen LogP contribution < -0.4 is 5.32 Å². The Morgan fingerprint density at radius 1 is 1.69 bits per heavy atom. The van der Waals surface area contributed by atoms with Gasteiger partial charge >= 0.3 is 0 Å². The van der Waals surface area contributed by atoms with Gasteiger partial charge in [0.25, 0.3) is 0 Å². The summed E-state index contributed by atoms with van der Waals surface area (Å²) in [7, 11) is 3.90. The zero-order valence-corrected chi connectivity index (χ0v) is 9.14. The number of aryl methyl sites for hydroxylation is 1. The van der Waals surface area contributed by atoms with Gasteiger partial charge in [-0.15, -0.1) is 0 Å². The summed E-state index contributed by atoms with van der Waals surface area (Å²) < 4.78 is 1.80. The van der Waals surface area contributed by atoms with E-state index in [-0.39, 0.29) is 0 Å². The van der Waals surface area contributed by atoms with Crippen LogP contribution in [0, 0.1) is 0 Å². The van der Waals surface area contributed by atoms with E-state index in [0.717, 1.165) is 17.3 Å². The van der Waals surface area contributed by atoms with Crippen molar-refractivity contribution in [3.05, 3.63) is 6.33 Å². The number of hydrogen-bond acceptors (Lipinski definition) is 4. The van der Waals surface area contributed by atoms with Crippen LogP contribution in [0.25, 0.3) is 0 Å². The predicted octanol–water partition coefficient (Wildman–Crippen LogP) is 0.905. The molecule has 0 amide bonds.